The maximum atomic E-state index is 11.5. The summed E-state index contributed by atoms with van der Waals surface area (Å²) in [6, 6.07) is 6.29. The lowest BCUT2D eigenvalue weighted by Crippen LogP contribution is -2.24. The number of aromatic nitrogens is 4. The van der Waals surface area contributed by atoms with E-state index >= 15 is 0 Å². The van der Waals surface area contributed by atoms with Crippen LogP contribution in [-0.2, 0) is 11.3 Å². The molecule has 0 atom stereocenters. The van der Waals surface area contributed by atoms with Gasteiger partial charge in [-0.25, -0.2) is 4.98 Å². The summed E-state index contributed by atoms with van der Waals surface area (Å²) in [6.07, 6.45) is 8.86. The summed E-state index contributed by atoms with van der Waals surface area (Å²) in [6.45, 7) is 0.563. The number of fused-ring (bicyclic) bond motifs is 1. The Morgan fingerprint density at radius 3 is 3.12 bits per heavy atom. The number of nitrogens with one attached hydrogen (secondary N) is 1. The topological polar surface area (TPSA) is 90.6 Å². The number of hydrogen-bond donors (Lipinski definition) is 1. The van der Waals surface area contributed by atoms with E-state index in [1.807, 2.05) is 24.5 Å². The SMILES string of the molecule is N#CCCn1cc(-c2cc(N(C=O)C3CC3)nc3[nH]ccc23)cn1. The van der Waals surface area contributed by atoms with E-state index in [2.05, 4.69) is 21.1 Å². The molecule has 0 radical (unpaired) electrons. The molecular weight excluding hydrogens is 304 g/mol. The number of nitrogens with zero attached hydrogens (tertiary/aromatic N) is 5. The Balaban J connectivity index is 1.78. The number of carbonyl (C=O) groups excluding carboxylic acids is 1. The van der Waals surface area contributed by atoms with Crippen molar-refractivity contribution in [1.29, 1.82) is 5.26 Å². The van der Waals surface area contributed by atoms with Gasteiger partial charge in [0, 0.05) is 29.4 Å². The van der Waals surface area contributed by atoms with Crippen LogP contribution in [0.25, 0.3) is 22.2 Å². The zero-order chi connectivity index (χ0) is 16.5. The quantitative estimate of drug-likeness (QED) is 0.706. The number of carbonyl (C=O) groups is 1. The van der Waals surface area contributed by atoms with Gasteiger partial charge in [0.25, 0.3) is 0 Å². The molecule has 0 bridgehead atoms. The van der Waals surface area contributed by atoms with E-state index < -0.39 is 0 Å². The average Bonchev–Trinajstić information content (AvgIpc) is 3.12. The number of pyridine rings is 1. The zero-order valence-corrected chi connectivity index (χ0v) is 13.0. The van der Waals surface area contributed by atoms with E-state index in [4.69, 9.17) is 5.26 Å². The zero-order valence-electron chi connectivity index (χ0n) is 13.0. The van der Waals surface area contributed by atoms with Crippen LogP contribution in [0.15, 0.2) is 30.7 Å². The van der Waals surface area contributed by atoms with Gasteiger partial charge in [-0.1, -0.05) is 0 Å². The molecule has 3 heterocycles. The minimum absolute atomic E-state index is 0.258. The molecule has 0 aromatic carbocycles. The summed E-state index contributed by atoms with van der Waals surface area (Å²) in [5.41, 5.74) is 2.68. The van der Waals surface area contributed by atoms with E-state index in [0.29, 0.717) is 18.8 Å². The third-order valence-corrected chi connectivity index (χ3v) is 4.23. The molecule has 1 aliphatic rings. The summed E-state index contributed by atoms with van der Waals surface area (Å²) in [5, 5.41) is 14.0. The van der Waals surface area contributed by atoms with Crippen LogP contribution in [-0.4, -0.2) is 32.2 Å². The molecule has 3 aromatic rings. The number of anilines is 1. The molecule has 24 heavy (non-hydrogen) atoms. The van der Waals surface area contributed by atoms with Gasteiger partial charge in [-0.3, -0.25) is 14.4 Å². The standard InChI is InChI=1S/C17H16N6O/c18-5-1-7-22-10-12(9-20-22)15-8-16(23(11-24)13-2-3-13)21-17-14(15)4-6-19-17/h4,6,8-11,13H,1-3,7H2,(H,19,21). The first-order valence-corrected chi connectivity index (χ1v) is 7.91. The second-order valence-corrected chi connectivity index (χ2v) is 5.91. The van der Waals surface area contributed by atoms with Gasteiger partial charge in [-0.2, -0.15) is 10.4 Å². The van der Waals surface area contributed by atoms with Crippen LogP contribution < -0.4 is 4.90 Å². The molecule has 0 saturated heterocycles. The van der Waals surface area contributed by atoms with Crippen LogP contribution in [0.5, 0.6) is 0 Å². The largest absolute Gasteiger partial charge is 0.346 e. The van der Waals surface area contributed by atoms with E-state index in [-0.39, 0.29) is 6.04 Å². The first-order chi connectivity index (χ1) is 11.8. The fourth-order valence-electron chi connectivity index (χ4n) is 2.86. The van der Waals surface area contributed by atoms with Gasteiger partial charge in [0.2, 0.25) is 6.41 Å². The molecule has 7 nitrogen and oxygen atoms in total. The molecule has 1 fully saturated rings. The Hall–Kier alpha value is -3.14. The van der Waals surface area contributed by atoms with Crippen molar-refractivity contribution < 1.29 is 4.79 Å². The monoisotopic (exact) mass is 320 g/mol. The van der Waals surface area contributed by atoms with Crippen molar-refractivity contribution in [3.63, 3.8) is 0 Å². The van der Waals surface area contributed by atoms with Gasteiger partial charge in [-0.15, -0.1) is 0 Å². The van der Waals surface area contributed by atoms with Gasteiger partial charge in [-0.05, 0) is 30.5 Å². The van der Waals surface area contributed by atoms with Gasteiger partial charge >= 0.3 is 0 Å². The second-order valence-electron chi connectivity index (χ2n) is 5.91. The van der Waals surface area contributed by atoms with Crippen molar-refractivity contribution >= 4 is 23.3 Å². The number of aromatic amines is 1. The third-order valence-electron chi connectivity index (χ3n) is 4.23. The summed E-state index contributed by atoms with van der Waals surface area (Å²) >= 11 is 0. The summed E-state index contributed by atoms with van der Waals surface area (Å²) in [7, 11) is 0. The highest BCUT2D eigenvalue weighted by Gasteiger charge is 2.30. The maximum Gasteiger partial charge on any atom is 0.215 e. The van der Waals surface area contributed by atoms with Crippen molar-refractivity contribution in [2.45, 2.75) is 31.8 Å². The fraction of sp³-hybridized carbons (Fsp3) is 0.294. The van der Waals surface area contributed by atoms with E-state index in [9.17, 15) is 4.79 Å². The Kier molecular flexibility index (Phi) is 3.50. The van der Waals surface area contributed by atoms with Crippen molar-refractivity contribution in [3.8, 4) is 17.2 Å². The highest BCUT2D eigenvalue weighted by atomic mass is 16.1. The second kappa shape index (κ2) is 5.81. The lowest BCUT2D eigenvalue weighted by Gasteiger charge is -2.16. The Morgan fingerprint density at radius 2 is 2.38 bits per heavy atom. The highest BCUT2D eigenvalue weighted by molar-refractivity contribution is 5.95. The lowest BCUT2D eigenvalue weighted by atomic mass is 10.1. The number of amides is 1. The molecule has 0 aliphatic heterocycles. The molecule has 7 heteroatoms. The highest BCUT2D eigenvalue weighted by Crippen LogP contribution is 2.34. The summed E-state index contributed by atoms with van der Waals surface area (Å²) in [5.74, 6) is 0.655. The summed E-state index contributed by atoms with van der Waals surface area (Å²) in [4.78, 5) is 20.9. The Labute approximate surface area is 138 Å². The predicted octanol–water partition coefficient (Wildman–Crippen LogP) is 2.47. The van der Waals surface area contributed by atoms with Crippen LogP contribution in [0.4, 0.5) is 5.82 Å². The maximum absolute atomic E-state index is 11.5. The van der Waals surface area contributed by atoms with E-state index in [1.54, 1.807) is 15.8 Å². The fourth-order valence-corrected chi connectivity index (χ4v) is 2.86. The smallest absolute Gasteiger partial charge is 0.215 e. The molecule has 1 amide bonds. The van der Waals surface area contributed by atoms with Crippen molar-refractivity contribution in [2.24, 2.45) is 0 Å². The normalized spacial score (nSPS) is 13.8. The van der Waals surface area contributed by atoms with Gasteiger partial charge in [0.05, 0.1) is 25.2 Å². The van der Waals surface area contributed by atoms with Crippen molar-refractivity contribution in [3.05, 3.63) is 30.7 Å². The van der Waals surface area contributed by atoms with Gasteiger partial charge in [0.15, 0.2) is 0 Å². The Bertz CT molecular complexity index is 930. The molecular formula is C17H16N6O. The van der Waals surface area contributed by atoms with Crippen LogP contribution in [0, 0.1) is 11.3 Å². The third kappa shape index (κ3) is 2.52. The Morgan fingerprint density at radius 1 is 1.50 bits per heavy atom. The number of nitriles is 1. The van der Waals surface area contributed by atoms with Crippen molar-refractivity contribution in [1.82, 2.24) is 19.7 Å². The van der Waals surface area contributed by atoms with Gasteiger partial charge in [0.1, 0.15) is 11.5 Å². The van der Waals surface area contributed by atoms with E-state index in [0.717, 1.165) is 41.4 Å². The first kappa shape index (κ1) is 14.5. The molecule has 0 spiro atoms. The first-order valence-electron chi connectivity index (χ1n) is 7.91. The van der Waals surface area contributed by atoms with Crippen LogP contribution in [0.3, 0.4) is 0 Å². The predicted molar refractivity (Wildman–Crippen MR) is 89.1 cm³/mol. The number of aryl methyl sites for hydroxylation is 1. The molecule has 1 saturated carbocycles. The molecule has 1 N–H and O–H groups in total. The van der Waals surface area contributed by atoms with Crippen LogP contribution in [0.2, 0.25) is 0 Å². The minimum Gasteiger partial charge on any atom is -0.346 e. The number of H-pyrrole nitrogens is 1. The molecule has 0 unspecified atom stereocenters. The average molecular weight is 320 g/mol. The molecule has 4 rings (SSSR count). The number of rotatable bonds is 6. The number of hydrogen-bond acceptors (Lipinski definition) is 4. The molecule has 120 valence electrons. The van der Waals surface area contributed by atoms with Crippen LogP contribution in [0.1, 0.15) is 19.3 Å². The summed E-state index contributed by atoms with van der Waals surface area (Å²) < 4.78 is 1.76. The van der Waals surface area contributed by atoms with Gasteiger partial charge < -0.3 is 4.98 Å². The van der Waals surface area contributed by atoms with Crippen LogP contribution >= 0.6 is 0 Å². The lowest BCUT2D eigenvalue weighted by molar-refractivity contribution is -0.107. The minimum atomic E-state index is 0.258. The molecule has 1 aliphatic carbocycles. The molecule has 3 aromatic heterocycles. The van der Waals surface area contributed by atoms with Crippen molar-refractivity contribution in [2.75, 3.05) is 4.90 Å². The van der Waals surface area contributed by atoms with E-state index in [1.165, 1.54) is 0 Å².